The Hall–Kier alpha value is -3.07. The monoisotopic (exact) mass is 368 g/mol. The fraction of sp³-hybridized carbons (Fsp3) is 0.200. The molecule has 0 radical (unpaired) electrons. The van der Waals surface area contributed by atoms with Gasteiger partial charge in [-0.15, -0.1) is 0 Å². The van der Waals surface area contributed by atoms with Crippen molar-refractivity contribution in [3.05, 3.63) is 57.0 Å². The van der Waals surface area contributed by atoms with E-state index in [1.54, 1.807) is 0 Å². The average Bonchev–Trinajstić information content (AvgIpc) is 3.07. The lowest BCUT2D eigenvalue weighted by Gasteiger charge is -2.06. The van der Waals surface area contributed by atoms with E-state index >= 15 is 0 Å². The molecule has 0 unspecified atom stereocenters. The number of halogens is 1. The number of carbonyl (C=O) groups excluding carboxylic acids is 2. The van der Waals surface area contributed by atoms with Crippen LogP contribution in [0, 0.1) is 10.1 Å². The smallest absolute Gasteiger partial charge is 0.325 e. The number of hydrogen-bond donors (Lipinski definition) is 1. The highest BCUT2D eigenvalue weighted by molar-refractivity contribution is 6.32. The molecule has 0 fully saturated rings. The summed E-state index contributed by atoms with van der Waals surface area (Å²) in [5, 5.41) is 13.3. The summed E-state index contributed by atoms with van der Waals surface area (Å²) in [4.78, 5) is 32.9. The Labute approximate surface area is 146 Å². The highest BCUT2D eigenvalue weighted by Gasteiger charge is 2.14. The molecule has 0 spiro atoms. The number of nitrogens with zero attached hydrogens (tertiary/aromatic N) is 1. The Balaban J connectivity index is 1.98. The van der Waals surface area contributed by atoms with Gasteiger partial charge in [0.15, 0.2) is 5.76 Å². The molecule has 132 valence electrons. The molecule has 0 aliphatic heterocycles. The van der Waals surface area contributed by atoms with E-state index in [0.717, 1.165) is 0 Å². The van der Waals surface area contributed by atoms with Crippen LogP contribution in [0.5, 0.6) is 5.75 Å². The van der Waals surface area contributed by atoms with E-state index < -0.39 is 16.8 Å². The molecular weight excluding hydrogens is 356 g/mol. The van der Waals surface area contributed by atoms with Gasteiger partial charge in [-0.05, 0) is 18.2 Å². The Morgan fingerprint density at radius 2 is 2.08 bits per heavy atom. The van der Waals surface area contributed by atoms with Gasteiger partial charge >= 0.3 is 5.97 Å². The molecule has 0 aliphatic rings. The van der Waals surface area contributed by atoms with Crippen molar-refractivity contribution in [2.24, 2.45) is 0 Å². The van der Waals surface area contributed by atoms with E-state index in [1.165, 1.54) is 37.4 Å². The molecule has 1 heterocycles. The van der Waals surface area contributed by atoms with Crippen molar-refractivity contribution < 1.29 is 28.4 Å². The average molecular weight is 369 g/mol. The topological polar surface area (TPSA) is 121 Å². The molecular formula is C15H13ClN2O7. The van der Waals surface area contributed by atoms with Crippen LogP contribution in [0.4, 0.5) is 5.69 Å². The summed E-state index contributed by atoms with van der Waals surface area (Å²) in [6.45, 7) is -0.379. The van der Waals surface area contributed by atoms with Crippen LogP contribution in [0.3, 0.4) is 0 Å². The van der Waals surface area contributed by atoms with Gasteiger partial charge in [-0.25, -0.2) is 0 Å². The number of nitrogens with one attached hydrogen (secondary N) is 1. The van der Waals surface area contributed by atoms with Gasteiger partial charge in [0.1, 0.15) is 24.7 Å². The van der Waals surface area contributed by atoms with Crippen molar-refractivity contribution in [2.75, 3.05) is 13.7 Å². The summed E-state index contributed by atoms with van der Waals surface area (Å²) in [5.74, 6) is -0.795. The molecule has 25 heavy (non-hydrogen) atoms. The summed E-state index contributed by atoms with van der Waals surface area (Å²) < 4.78 is 15.1. The number of ether oxygens (including phenoxy) is 2. The fourth-order valence-electron chi connectivity index (χ4n) is 1.75. The van der Waals surface area contributed by atoms with Gasteiger partial charge in [0.05, 0.1) is 23.1 Å². The van der Waals surface area contributed by atoms with Crippen LogP contribution in [0.1, 0.15) is 16.3 Å². The van der Waals surface area contributed by atoms with Gasteiger partial charge in [-0.2, -0.15) is 0 Å². The Morgan fingerprint density at radius 3 is 2.76 bits per heavy atom. The quantitative estimate of drug-likeness (QED) is 0.452. The van der Waals surface area contributed by atoms with Gasteiger partial charge < -0.3 is 19.2 Å². The summed E-state index contributed by atoms with van der Waals surface area (Å²) in [6.07, 6.45) is 0. The molecule has 0 atom stereocenters. The minimum absolute atomic E-state index is 0.0207. The maximum atomic E-state index is 11.8. The SMILES string of the molecule is COC(=O)CNC(=O)c1ccc(COc2cc([N+](=O)[O-])ccc2Cl)o1. The minimum Gasteiger partial charge on any atom is -0.484 e. The van der Waals surface area contributed by atoms with Crippen molar-refractivity contribution >= 4 is 29.2 Å². The lowest BCUT2D eigenvalue weighted by atomic mass is 10.3. The number of esters is 1. The van der Waals surface area contributed by atoms with Crippen molar-refractivity contribution in [2.45, 2.75) is 6.61 Å². The van der Waals surface area contributed by atoms with E-state index in [9.17, 15) is 19.7 Å². The van der Waals surface area contributed by atoms with Gasteiger partial charge in [0.25, 0.3) is 11.6 Å². The predicted molar refractivity (Wildman–Crippen MR) is 85.5 cm³/mol. The number of nitro groups is 1. The molecule has 9 nitrogen and oxygen atoms in total. The van der Waals surface area contributed by atoms with Crippen LogP contribution in [0.15, 0.2) is 34.7 Å². The number of carbonyl (C=O) groups is 2. The maximum absolute atomic E-state index is 11.8. The lowest BCUT2D eigenvalue weighted by molar-refractivity contribution is -0.384. The second kappa shape index (κ2) is 8.15. The van der Waals surface area contributed by atoms with Crippen LogP contribution in [-0.2, 0) is 16.1 Å². The summed E-state index contributed by atoms with van der Waals surface area (Å²) in [7, 11) is 1.20. The van der Waals surface area contributed by atoms with Crippen molar-refractivity contribution in [1.29, 1.82) is 0 Å². The van der Waals surface area contributed by atoms with E-state index in [-0.39, 0.29) is 35.4 Å². The normalized spacial score (nSPS) is 10.2. The molecule has 1 N–H and O–H groups in total. The first-order valence-electron chi connectivity index (χ1n) is 6.91. The van der Waals surface area contributed by atoms with Crippen molar-refractivity contribution in [1.82, 2.24) is 5.32 Å². The van der Waals surface area contributed by atoms with Gasteiger partial charge in [-0.3, -0.25) is 19.7 Å². The molecule has 1 amide bonds. The predicted octanol–water partition coefficient (Wildman–Crippen LogP) is 2.32. The zero-order chi connectivity index (χ0) is 18.4. The fourth-order valence-corrected chi connectivity index (χ4v) is 1.93. The second-order valence-electron chi connectivity index (χ2n) is 4.69. The number of benzene rings is 1. The molecule has 0 saturated carbocycles. The van der Waals surface area contributed by atoms with Crippen LogP contribution >= 0.6 is 11.6 Å². The third-order valence-electron chi connectivity index (χ3n) is 3.00. The van der Waals surface area contributed by atoms with Crippen molar-refractivity contribution in [3.8, 4) is 5.75 Å². The molecule has 1 aromatic carbocycles. The van der Waals surface area contributed by atoms with Crippen LogP contribution in [0.2, 0.25) is 5.02 Å². The van der Waals surface area contributed by atoms with Gasteiger partial charge in [0.2, 0.25) is 0 Å². The Bertz CT molecular complexity index is 803. The highest BCUT2D eigenvalue weighted by Crippen LogP contribution is 2.29. The number of nitro benzene ring substituents is 1. The third-order valence-corrected chi connectivity index (χ3v) is 3.31. The van der Waals surface area contributed by atoms with E-state index in [4.69, 9.17) is 20.8 Å². The van der Waals surface area contributed by atoms with Gasteiger partial charge in [-0.1, -0.05) is 11.6 Å². The third kappa shape index (κ3) is 4.95. The summed E-state index contributed by atoms with van der Waals surface area (Å²) >= 11 is 5.92. The van der Waals surface area contributed by atoms with Crippen LogP contribution in [0.25, 0.3) is 0 Å². The van der Waals surface area contributed by atoms with Crippen molar-refractivity contribution in [3.63, 3.8) is 0 Å². The van der Waals surface area contributed by atoms with Crippen LogP contribution < -0.4 is 10.1 Å². The van der Waals surface area contributed by atoms with E-state index in [0.29, 0.717) is 5.76 Å². The number of amides is 1. The molecule has 0 saturated heterocycles. The minimum atomic E-state index is -0.594. The first-order chi connectivity index (χ1) is 11.9. The molecule has 2 aromatic rings. The molecule has 2 rings (SSSR count). The maximum Gasteiger partial charge on any atom is 0.325 e. The second-order valence-corrected chi connectivity index (χ2v) is 5.09. The first-order valence-corrected chi connectivity index (χ1v) is 7.29. The Morgan fingerprint density at radius 1 is 1.32 bits per heavy atom. The number of methoxy groups -OCH3 is 1. The highest BCUT2D eigenvalue weighted by atomic mass is 35.5. The first kappa shape index (κ1) is 18.3. The van der Waals surface area contributed by atoms with E-state index in [1.807, 2.05) is 0 Å². The number of non-ortho nitro benzene ring substituents is 1. The van der Waals surface area contributed by atoms with E-state index in [2.05, 4.69) is 10.1 Å². The summed E-state index contributed by atoms with van der Waals surface area (Å²) in [5.41, 5.74) is -0.165. The number of hydrogen-bond acceptors (Lipinski definition) is 7. The molecule has 0 aliphatic carbocycles. The van der Waals surface area contributed by atoms with Gasteiger partial charge in [0, 0.05) is 6.07 Å². The molecule has 10 heteroatoms. The zero-order valence-corrected chi connectivity index (χ0v) is 13.7. The number of furan rings is 1. The van der Waals surface area contributed by atoms with Crippen LogP contribution in [-0.4, -0.2) is 30.5 Å². The largest absolute Gasteiger partial charge is 0.484 e. The number of rotatable bonds is 7. The molecule has 0 bridgehead atoms. The lowest BCUT2D eigenvalue weighted by Crippen LogP contribution is -2.29. The zero-order valence-electron chi connectivity index (χ0n) is 13.0. The summed E-state index contributed by atoms with van der Waals surface area (Å²) in [6, 6.07) is 6.70. The molecule has 1 aromatic heterocycles. The Kier molecular flexibility index (Phi) is 5.96. The standard InChI is InChI=1S/C15H13ClN2O7/c1-23-14(19)7-17-15(20)12-5-3-10(25-12)8-24-13-6-9(18(21)22)2-4-11(13)16/h2-6H,7-8H2,1H3,(H,17,20).